The van der Waals surface area contributed by atoms with Crippen molar-refractivity contribution in [3.05, 3.63) is 65.9 Å². The number of benzene rings is 2. The molecule has 0 aliphatic rings. The third-order valence-corrected chi connectivity index (χ3v) is 3.86. The highest BCUT2D eigenvalue weighted by Gasteiger charge is 2.14. The van der Waals surface area contributed by atoms with E-state index in [1.54, 1.807) is 4.57 Å². The molecule has 0 aliphatic heterocycles. The minimum absolute atomic E-state index is 0.0133. The fourth-order valence-electron chi connectivity index (χ4n) is 2.76. The summed E-state index contributed by atoms with van der Waals surface area (Å²) in [5.41, 5.74) is 2.50. The van der Waals surface area contributed by atoms with Gasteiger partial charge in [-0.15, -0.1) is 0 Å². The third-order valence-electron chi connectivity index (χ3n) is 3.86. The summed E-state index contributed by atoms with van der Waals surface area (Å²) in [5, 5.41) is 0.895. The number of nitrogens with zero attached hydrogens (tertiary/aromatic N) is 1. The van der Waals surface area contributed by atoms with Crippen LogP contribution in [0, 0.1) is 0 Å². The summed E-state index contributed by atoms with van der Waals surface area (Å²) in [4.78, 5) is 23.3. The van der Waals surface area contributed by atoms with Gasteiger partial charge in [-0.1, -0.05) is 30.3 Å². The Bertz CT molecular complexity index is 894. The minimum atomic E-state index is -0.0563. The molecule has 2 aromatic carbocycles. The van der Waals surface area contributed by atoms with E-state index in [0.29, 0.717) is 12.3 Å². The molecular formula is C20H19NO3. The van der Waals surface area contributed by atoms with Crippen LogP contribution < -0.4 is 4.74 Å². The number of carbonyl (C=O) groups is 2. The lowest BCUT2D eigenvalue weighted by molar-refractivity contribution is -0.117. The van der Waals surface area contributed by atoms with Gasteiger partial charge in [0.05, 0.1) is 12.2 Å². The van der Waals surface area contributed by atoms with E-state index in [1.165, 1.54) is 13.8 Å². The van der Waals surface area contributed by atoms with E-state index in [-0.39, 0.29) is 18.1 Å². The lowest BCUT2D eigenvalue weighted by atomic mass is 10.2. The highest BCUT2D eigenvalue weighted by Crippen LogP contribution is 2.26. The van der Waals surface area contributed by atoms with Crippen molar-refractivity contribution in [3.8, 4) is 5.75 Å². The van der Waals surface area contributed by atoms with Gasteiger partial charge in [0.25, 0.3) is 0 Å². The SMILES string of the molecule is CC(=O)Cn1c(C(C)=O)cc2cc(OCc3ccccc3)ccc21. The van der Waals surface area contributed by atoms with Crippen LogP contribution in [-0.2, 0) is 17.9 Å². The van der Waals surface area contributed by atoms with Gasteiger partial charge in [0.2, 0.25) is 0 Å². The molecule has 1 aromatic heterocycles. The van der Waals surface area contributed by atoms with Gasteiger partial charge in [-0.25, -0.2) is 0 Å². The van der Waals surface area contributed by atoms with Crippen LogP contribution in [0.15, 0.2) is 54.6 Å². The summed E-state index contributed by atoms with van der Waals surface area (Å²) in [6.45, 7) is 3.72. The molecule has 24 heavy (non-hydrogen) atoms. The molecule has 0 atom stereocenters. The van der Waals surface area contributed by atoms with Crippen LogP contribution in [0.2, 0.25) is 0 Å². The second-order valence-corrected chi connectivity index (χ2v) is 5.87. The fourth-order valence-corrected chi connectivity index (χ4v) is 2.76. The molecule has 0 spiro atoms. The summed E-state index contributed by atoms with van der Waals surface area (Å²) in [6.07, 6.45) is 0. The molecule has 0 bridgehead atoms. The van der Waals surface area contributed by atoms with Crippen LogP contribution in [0.5, 0.6) is 5.75 Å². The number of rotatable bonds is 6. The fraction of sp³-hybridized carbons (Fsp3) is 0.200. The summed E-state index contributed by atoms with van der Waals surface area (Å²) in [5.74, 6) is 0.694. The van der Waals surface area contributed by atoms with Gasteiger partial charge in [-0.2, -0.15) is 0 Å². The van der Waals surface area contributed by atoms with Crippen molar-refractivity contribution >= 4 is 22.5 Å². The average molecular weight is 321 g/mol. The summed E-state index contributed by atoms with van der Waals surface area (Å²) >= 11 is 0. The number of ketones is 2. The molecule has 4 nitrogen and oxygen atoms in total. The van der Waals surface area contributed by atoms with Crippen LogP contribution in [0.4, 0.5) is 0 Å². The number of hydrogen-bond donors (Lipinski definition) is 0. The van der Waals surface area contributed by atoms with Crippen LogP contribution in [0.1, 0.15) is 29.9 Å². The van der Waals surface area contributed by atoms with E-state index in [2.05, 4.69) is 0 Å². The number of ether oxygens (including phenoxy) is 1. The minimum Gasteiger partial charge on any atom is -0.489 e. The van der Waals surface area contributed by atoms with E-state index in [1.807, 2.05) is 54.6 Å². The van der Waals surface area contributed by atoms with Crippen LogP contribution in [0.3, 0.4) is 0 Å². The zero-order chi connectivity index (χ0) is 17.1. The van der Waals surface area contributed by atoms with E-state index in [0.717, 1.165) is 22.2 Å². The standard InChI is InChI=1S/C20H19NO3/c1-14(22)12-21-19-9-8-18(10-17(19)11-20(21)15(2)23)24-13-16-6-4-3-5-7-16/h3-11H,12-13H2,1-2H3. The van der Waals surface area contributed by atoms with Gasteiger partial charge in [0.1, 0.15) is 18.1 Å². The molecule has 0 saturated heterocycles. The summed E-state index contributed by atoms with van der Waals surface area (Å²) in [7, 11) is 0. The van der Waals surface area contributed by atoms with Gasteiger partial charge in [0, 0.05) is 17.8 Å². The van der Waals surface area contributed by atoms with Gasteiger partial charge in [0.15, 0.2) is 5.78 Å². The van der Waals surface area contributed by atoms with Crippen LogP contribution in [-0.4, -0.2) is 16.1 Å². The average Bonchev–Trinajstić information content (AvgIpc) is 2.91. The molecule has 0 saturated carbocycles. The lowest BCUT2D eigenvalue weighted by Gasteiger charge is -2.08. The van der Waals surface area contributed by atoms with Crippen molar-refractivity contribution in [2.45, 2.75) is 27.0 Å². The topological polar surface area (TPSA) is 48.3 Å². The Morgan fingerprint density at radius 1 is 1.00 bits per heavy atom. The van der Waals surface area contributed by atoms with E-state index in [4.69, 9.17) is 4.74 Å². The van der Waals surface area contributed by atoms with E-state index < -0.39 is 0 Å². The molecule has 0 N–H and O–H groups in total. The maximum absolute atomic E-state index is 11.8. The Morgan fingerprint density at radius 2 is 1.75 bits per heavy atom. The maximum atomic E-state index is 11.8. The lowest BCUT2D eigenvalue weighted by Crippen LogP contribution is -2.11. The van der Waals surface area contributed by atoms with Crippen molar-refractivity contribution in [1.82, 2.24) is 4.57 Å². The Balaban J connectivity index is 1.90. The first-order valence-corrected chi connectivity index (χ1v) is 7.85. The second kappa shape index (κ2) is 6.71. The van der Waals surface area contributed by atoms with Crippen LogP contribution in [0.25, 0.3) is 10.9 Å². The Hall–Kier alpha value is -2.88. The largest absolute Gasteiger partial charge is 0.489 e. The molecule has 0 radical (unpaired) electrons. The monoisotopic (exact) mass is 321 g/mol. The van der Waals surface area contributed by atoms with Crippen LogP contribution >= 0.6 is 0 Å². The first kappa shape index (κ1) is 16.0. The van der Waals surface area contributed by atoms with E-state index in [9.17, 15) is 9.59 Å². The number of hydrogen-bond acceptors (Lipinski definition) is 3. The first-order chi connectivity index (χ1) is 11.5. The van der Waals surface area contributed by atoms with Crippen molar-refractivity contribution in [2.75, 3.05) is 0 Å². The zero-order valence-electron chi connectivity index (χ0n) is 13.8. The molecular weight excluding hydrogens is 302 g/mol. The van der Waals surface area contributed by atoms with Crippen molar-refractivity contribution in [2.24, 2.45) is 0 Å². The molecule has 122 valence electrons. The molecule has 3 rings (SSSR count). The quantitative estimate of drug-likeness (QED) is 0.644. The Labute approximate surface area is 140 Å². The zero-order valence-corrected chi connectivity index (χ0v) is 13.8. The number of fused-ring (bicyclic) bond motifs is 1. The van der Waals surface area contributed by atoms with Crippen molar-refractivity contribution in [3.63, 3.8) is 0 Å². The highest BCUT2D eigenvalue weighted by atomic mass is 16.5. The highest BCUT2D eigenvalue weighted by molar-refractivity contribution is 5.99. The number of carbonyl (C=O) groups excluding carboxylic acids is 2. The smallest absolute Gasteiger partial charge is 0.176 e. The normalized spacial score (nSPS) is 10.8. The Morgan fingerprint density at radius 3 is 2.42 bits per heavy atom. The Kier molecular flexibility index (Phi) is 4.47. The maximum Gasteiger partial charge on any atom is 0.176 e. The van der Waals surface area contributed by atoms with Gasteiger partial charge in [-0.05, 0) is 36.8 Å². The van der Waals surface area contributed by atoms with Crippen molar-refractivity contribution in [1.29, 1.82) is 0 Å². The molecule has 0 unspecified atom stereocenters. The molecule has 0 aliphatic carbocycles. The molecule has 3 aromatic rings. The van der Waals surface area contributed by atoms with Gasteiger partial charge in [-0.3, -0.25) is 9.59 Å². The third kappa shape index (κ3) is 3.38. The molecule has 1 heterocycles. The van der Waals surface area contributed by atoms with Crippen molar-refractivity contribution < 1.29 is 14.3 Å². The summed E-state index contributed by atoms with van der Waals surface area (Å²) < 4.78 is 7.59. The molecule has 0 amide bonds. The number of aromatic nitrogens is 1. The first-order valence-electron chi connectivity index (χ1n) is 7.85. The second-order valence-electron chi connectivity index (χ2n) is 5.87. The van der Waals surface area contributed by atoms with Gasteiger partial charge >= 0.3 is 0 Å². The molecule has 4 heteroatoms. The summed E-state index contributed by atoms with van der Waals surface area (Å²) in [6, 6.07) is 17.4. The number of Topliss-reactive ketones (excluding diaryl/α,β-unsaturated/α-hetero) is 2. The van der Waals surface area contributed by atoms with E-state index >= 15 is 0 Å². The predicted molar refractivity (Wildman–Crippen MR) is 93.4 cm³/mol. The molecule has 0 fully saturated rings. The predicted octanol–water partition coefficient (Wildman–Crippen LogP) is 4.01. The van der Waals surface area contributed by atoms with Gasteiger partial charge < -0.3 is 9.30 Å².